The summed E-state index contributed by atoms with van der Waals surface area (Å²) in [5, 5.41) is 20.0. The number of nitrogens with zero attached hydrogens (tertiary/aromatic N) is 2. The van der Waals surface area contributed by atoms with Crippen LogP contribution >= 0.6 is 0 Å². The fourth-order valence-electron chi connectivity index (χ4n) is 3.24. The van der Waals surface area contributed by atoms with Gasteiger partial charge in [-0.05, 0) is 66.6 Å². The van der Waals surface area contributed by atoms with E-state index >= 15 is 0 Å². The van der Waals surface area contributed by atoms with Crippen LogP contribution < -0.4 is 9.64 Å². The minimum absolute atomic E-state index is 0.0483. The molecule has 3 rings (SSSR count). The number of nitro benzene ring substituents is 1. The van der Waals surface area contributed by atoms with Crippen molar-refractivity contribution in [3.63, 3.8) is 0 Å². The van der Waals surface area contributed by atoms with Gasteiger partial charge in [-0.2, -0.15) is 0 Å². The van der Waals surface area contributed by atoms with E-state index in [9.17, 15) is 20.0 Å². The van der Waals surface area contributed by atoms with Crippen LogP contribution in [0.3, 0.4) is 0 Å². The Hall–Kier alpha value is -3.09. The van der Waals surface area contributed by atoms with Crippen LogP contribution in [0.5, 0.6) is 5.75 Å². The summed E-state index contributed by atoms with van der Waals surface area (Å²) < 4.78 is 5.95. The number of hydrogen-bond donors (Lipinski definition) is 1. The van der Waals surface area contributed by atoms with Gasteiger partial charge in [-0.3, -0.25) is 15.0 Å². The molecule has 0 heterocycles. The average Bonchev–Trinajstić information content (AvgIpc) is 2.65. The first-order valence-electron chi connectivity index (χ1n) is 8.45. The van der Waals surface area contributed by atoms with Crippen LogP contribution in [-0.4, -0.2) is 23.2 Å². The SMILES string of the molecule is CN(C(=O)O)c1ccc(OCc2ccc([N+](=O)[O-])cc2)c2c1CCCC2. The molecule has 0 bridgehead atoms. The number of anilines is 1. The number of ether oxygens (including phenoxy) is 1. The molecule has 0 unspecified atom stereocenters. The fraction of sp³-hybridized carbons (Fsp3) is 0.316. The number of nitro groups is 1. The fourth-order valence-corrected chi connectivity index (χ4v) is 3.24. The Kier molecular flexibility index (Phi) is 5.06. The molecule has 0 saturated heterocycles. The molecule has 0 spiro atoms. The van der Waals surface area contributed by atoms with E-state index in [4.69, 9.17) is 4.74 Å². The van der Waals surface area contributed by atoms with Crippen molar-refractivity contribution < 1.29 is 19.6 Å². The smallest absolute Gasteiger partial charge is 0.411 e. The van der Waals surface area contributed by atoms with Crippen LogP contribution in [0, 0.1) is 10.1 Å². The second-order valence-electron chi connectivity index (χ2n) is 6.30. The summed E-state index contributed by atoms with van der Waals surface area (Å²) in [5.74, 6) is 0.751. The van der Waals surface area contributed by atoms with Crippen LogP contribution in [0.2, 0.25) is 0 Å². The van der Waals surface area contributed by atoms with Crippen molar-refractivity contribution in [1.82, 2.24) is 0 Å². The molecule has 7 heteroatoms. The lowest BCUT2D eigenvalue weighted by Gasteiger charge is -2.25. The van der Waals surface area contributed by atoms with Crippen molar-refractivity contribution in [3.05, 3.63) is 63.2 Å². The normalized spacial score (nSPS) is 13.0. The molecular formula is C19H20N2O5. The predicted molar refractivity (Wildman–Crippen MR) is 96.9 cm³/mol. The molecule has 2 aromatic carbocycles. The molecule has 26 heavy (non-hydrogen) atoms. The minimum Gasteiger partial charge on any atom is -0.489 e. The Balaban J connectivity index is 1.82. The van der Waals surface area contributed by atoms with Crippen molar-refractivity contribution in [2.75, 3.05) is 11.9 Å². The molecule has 0 fully saturated rings. The second-order valence-corrected chi connectivity index (χ2v) is 6.30. The largest absolute Gasteiger partial charge is 0.489 e. The number of rotatable bonds is 5. The highest BCUT2D eigenvalue weighted by atomic mass is 16.6. The van der Waals surface area contributed by atoms with Crippen LogP contribution in [0.15, 0.2) is 36.4 Å². The third-order valence-electron chi connectivity index (χ3n) is 4.66. The number of amides is 1. The van der Waals surface area contributed by atoms with Crippen LogP contribution in [0.1, 0.15) is 29.5 Å². The predicted octanol–water partition coefficient (Wildman–Crippen LogP) is 4.17. The number of benzene rings is 2. The van der Waals surface area contributed by atoms with Gasteiger partial charge < -0.3 is 9.84 Å². The molecule has 1 N–H and O–H groups in total. The quantitative estimate of drug-likeness (QED) is 0.641. The molecule has 2 aromatic rings. The zero-order chi connectivity index (χ0) is 18.7. The van der Waals surface area contributed by atoms with Crippen LogP contribution in [-0.2, 0) is 19.4 Å². The maximum Gasteiger partial charge on any atom is 0.411 e. The molecule has 0 saturated carbocycles. The zero-order valence-corrected chi connectivity index (χ0v) is 14.5. The van der Waals surface area contributed by atoms with Gasteiger partial charge in [-0.15, -0.1) is 0 Å². The highest BCUT2D eigenvalue weighted by molar-refractivity contribution is 5.87. The number of fused-ring (bicyclic) bond motifs is 1. The number of hydrogen-bond acceptors (Lipinski definition) is 4. The Morgan fingerprint density at radius 2 is 1.81 bits per heavy atom. The second kappa shape index (κ2) is 7.43. The van der Waals surface area contributed by atoms with E-state index in [1.807, 2.05) is 6.07 Å². The standard InChI is InChI=1S/C19H20N2O5/c1-20(19(22)23)17-10-11-18(16-5-3-2-4-15(16)17)26-12-13-6-8-14(9-7-13)21(24)25/h6-11H,2-5,12H2,1H3,(H,22,23). The first-order valence-corrected chi connectivity index (χ1v) is 8.45. The van der Waals surface area contributed by atoms with Crippen molar-refractivity contribution in [3.8, 4) is 5.75 Å². The van der Waals surface area contributed by atoms with E-state index < -0.39 is 11.0 Å². The number of carboxylic acid groups (broad SMARTS) is 1. The third kappa shape index (κ3) is 3.61. The van der Waals surface area contributed by atoms with E-state index in [0.29, 0.717) is 12.3 Å². The monoisotopic (exact) mass is 356 g/mol. The highest BCUT2D eigenvalue weighted by Crippen LogP contribution is 2.36. The molecule has 7 nitrogen and oxygen atoms in total. The van der Waals surface area contributed by atoms with E-state index in [2.05, 4.69) is 0 Å². The molecule has 0 aliphatic heterocycles. The summed E-state index contributed by atoms with van der Waals surface area (Å²) in [4.78, 5) is 22.8. The molecule has 0 atom stereocenters. The van der Waals surface area contributed by atoms with Gasteiger partial charge in [0.2, 0.25) is 0 Å². The molecule has 0 aromatic heterocycles. The minimum atomic E-state index is -0.989. The van der Waals surface area contributed by atoms with E-state index in [1.54, 1.807) is 25.2 Å². The maximum atomic E-state index is 11.3. The van der Waals surface area contributed by atoms with Gasteiger partial charge in [0, 0.05) is 19.2 Å². The van der Waals surface area contributed by atoms with E-state index in [-0.39, 0.29) is 5.69 Å². The highest BCUT2D eigenvalue weighted by Gasteiger charge is 2.22. The molecule has 0 radical (unpaired) electrons. The van der Waals surface area contributed by atoms with E-state index in [0.717, 1.165) is 48.1 Å². The van der Waals surface area contributed by atoms with Crippen LogP contribution in [0.4, 0.5) is 16.2 Å². The van der Waals surface area contributed by atoms with Gasteiger partial charge in [0.25, 0.3) is 5.69 Å². The Bertz CT molecular complexity index is 833. The lowest BCUT2D eigenvalue weighted by Crippen LogP contribution is -2.26. The Morgan fingerprint density at radius 3 is 2.42 bits per heavy atom. The van der Waals surface area contributed by atoms with Crippen molar-refractivity contribution in [1.29, 1.82) is 0 Å². The van der Waals surface area contributed by atoms with Crippen molar-refractivity contribution in [2.45, 2.75) is 32.3 Å². The summed E-state index contributed by atoms with van der Waals surface area (Å²) in [6, 6.07) is 9.86. The third-order valence-corrected chi connectivity index (χ3v) is 4.66. The summed E-state index contributed by atoms with van der Waals surface area (Å²) >= 11 is 0. The number of carbonyl (C=O) groups is 1. The average molecular weight is 356 g/mol. The molecule has 1 aliphatic carbocycles. The van der Waals surface area contributed by atoms with Gasteiger partial charge in [0.05, 0.1) is 10.6 Å². The van der Waals surface area contributed by atoms with Gasteiger partial charge in [-0.1, -0.05) is 0 Å². The van der Waals surface area contributed by atoms with Crippen LogP contribution in [0.25, 0.3) is 0 Å². The first-order chi connectivity index (χ1) is 12.5. The van der Waals surface area contributed by atoms with Crippen molar-refractivity contribution in [2.24, 2.45) is 0 Å². The molecular weight excluding hydrogens is 336 g/mol. The van der Waals surface area contributed by atoms with Gasteiger partial charge in [0.15, 0.2) is 0 Å². The van der Waals surface area contributed by atoms with E-state index in [1.165, 1.54) is 17.0 Å². The topological polar surface area (TPSA) is 92.9 Å². The first kappa shape index (κ1) is 17.7. The van der Waals surface area contributed by atoms with Gasteiger partial charge in [-0.25, -0.2) is 4.79 Å². The molecule has 1 amide bonds. The Morgan fingerprint density at radius 1 is 1.15 bits per heavy atom. The van der Waals surface area contributed by atoms with Gasteiger partial charge in [0.1, 0.15) is 12.4 Å². The Labute approximate surface area is 151 Å². The molecule has 1 aliphatic rings. The summed E-state index contributed by atoms with van der Waals surface area (Å²) in [6.45, 7) is 0.304. The lowest BCUT2D eigenvalue weighted by molar-refractivity contribution is -0.384. The number of non-ortho nitro benzene ring substituents is 1. The maximum absolute atomic E-state index is 11.3. The lowest BCUT2D eigenvalue weighted by atomic mass is 9.89. The van der Waals surface area contributed by atoms with Crippen molar-refractivity contribution >= 4 is 17.5 Å². The summed E-state index contributed by atoms with van der Waals surface area (Å²) in [6.07, 6.45) is 2.77. The summed E-state index contributed by atoms with van der Waals surface area (Å²) in [5.41, 5.74) is 3.68. The summed E-state index contributed by atoms with van der Waals surface area (Å²) in [7, 11) is 1.55. The molecule has 136 valence electrons. The van der Waals surface area contributed by atoms with Gasteiger partial charge >= 0.3 is 6.09 Å². The zero-order valence-electron chi connectivity index (χ0n) is 14.5.